The number of nitrogens with zero attached hydrogens (tertiary/aromatic N) is 2. The maximum Gasteiger partial charge on any atom is 0.120 e. The third-order valence-corrected chi connectivity index (χ3v) is 5.15. The Morgan fingerprint density at radius 3 is 2.64 bits per heavy atom. The molecule has 0 aliphatic heterocycles. The van der Waals surface area contributed by atoms with E-state index in [1.165, 1.54) is 16.0 Å². The molecule has 3 nitrogen and oxygen atoms in total. The number of fused-ring (bicyclic) bond motifs is 3. The van der Waals surface area contributed by atoms with Gasteiger partial charge in [-0.25, -0.2) is 0 Å². The van der Waals surface area contributed by atoms with Crippen molar-refractivity contribution in [2.24, 2.45) is 0 Å². The van der Waals surface area contributed by atoms with E-state index < -0.39 is 0 Å². The van der Waals surface area contributed by atoms with Crippen molar-refractivity contribution in [2.75, 3.05) is 12.9 Å². The molecule has 0 N–H and O–H groups in total. The fourth-order valence-electron chi connectivity index (χ4n) is 3.23. The summed E-state index contributed by atoms with van der Waals surface area (Å²) in [4.78, 5) is 5.91. The molecular weight excluding hydrogens is 328 g/mol. The molecule has 0 radical (unpaired) electrons. The van der Waals surface area contributed by atoms with Crippen LogP contribution in [0.4, 0.5) is 0 Å². The molecular formula is C21H20N2OS. The topological polar surface area (TPSA) is 27.1 Å². The molecule has 0 fully saturated rings. The van der Waals surface area contributed by atoms with Crippen LogP contribution in [0.15, 0.2) is 65.7 Å². The van der Waals surface area contributed by atoms with Gasteiger partial charge >= 0.3 is 0 Å². The van der Waals surface area contributed by atoms with E-state index in [1.54, 1.807) is 11.8 Å². The molecule has 0 atom stereocenters. The lowest BCUT2D eigenvalue weighted by atomic mass is 10.2. The summed E-state index contributed by atoms with van der Waals surface area (Å²) in [5.41, 5.74) is 4.65. The standard InChI is InChI=1S/C21H20N2OS/c1-3-24-16-8-11-19-18(13-16)21-20(5-4-12-22-21)23(19)14-15-6-9-17(25-2)10-7-15/h4-13H,3,14H2,1-2H3. The Hall–Kier alpha value is -2.46. The highest BCUT2D eigenvalue weighted by atomic mass is 32.2. The molecule has 2 heterocycles. The van der Waals surface area contributed by atoms with E-state index in [9.17, 15) is 0 Å². The summed E-state index contributed by atoms with van der Waals surface area (Å²) >= 11 is 1.77. The third-order valence-electron chi connectivity index (χ3n) is 4.40. The first-order valence-corrected chi connectivity index (χ1v) is 9.65. The summed E-state index contributed by atoms with van der Waals surface area (Å²) in [6.45, 7) is 3.50. The summed E-state index contributed by atoms with van der Waals surface area (Å²) in [7, 11) is 0. The minimum Gasteiger partial charge on any atom is -0.494 e. The lowest BCUT2D eigenvalue weighted by Crippen LogP contribution is -1.99. The van der Waals surface area contributed by atoms with Gasteiger partial charge in [0.2, 0.25) is 0 Å². The summed E-state index contributed by atoms with van der Waals surface area (Å²) in [5.74, 6) is 0.893. The molecule has 4 aromatic rings. The lowest BCUT2D eigenvalue weighted by molar-refractivity contribution is 0.341. The van der Waals surface area contributed by atoms with Crippen molar-refractivity contribution in [2.45, 2.75) is 18.4 Å². The molecule has 0 amide bonds. The molecule has 4 rings (SSSR count). The predicted molar refractivity (Wildman–Crippen MR) is 106 cm³/mol. The number of hydrogen-bond donors (Lipinski definition) is 0. The van der Waals surface area contributed by atoms with Crippen LogP contribution in [0.25, 0.3) is 21.9 Å². The highest BCUT2D eigenvalue weighted by Gasteiger charge is 2.12. The van der Waals surface area contributed by atoms with Crippen molar-refractivity contribution >= 4 is 33.7 Å². The van der Waals surface area contributed by atoms with E-state index in [-0.39, 0.29) is 0 Å². The molecule has 2 aromatic carbocycles. The lowest BCUT2D eigenvalue weighted by Gasteiger charge is -2.09. The van der Waals surface area contributed by atoms with Gasteiger partial charge in [-0.15, -0.1) is 11.8 Å². The highest BCUT2D eigenvalue weighted by Crippen LogP contribution is 2.31. The summed E-state index contributed by atoms with van der Waals surface area (Å²) < 4.78 is 8.01. The van der Waals surface area contributed by atoms with Gasteiger partial charge < -0.3 is 9.30 Å². The van der Waals surface area contributed by atoms with Crippen LogP contribution in [0, 0.1) is 0 Å². The maximum absolute atomic E-state index is 5.68. The first-order chi connectivity index (χ1) is 12.3. The van der Waals surface area contributed by atoms with Gasteiger partial charge in [0.05, 0.1) is 23.2 Å². The van der Waals surface area contributed by atoms with Crippen molar-refractivity contribution < 1.29 is 4.74 Å². The summed E-state index contributed by atoms with van der Waals surface area (Å²) in [6, 6.07) is 19.2. The van der Waals surface area contributed by atoms with Gasteiger partial charge in [-0.1, -0.05) is 12.1 Å². The van der Waals surface area contributed by atoms with Crippen LogP contribution in [0.5, 0.6) is 5.75 Å². The molecule has 0 saturated heterocycles. The largest absolute Gasteiger partial charge is 0.494 e. The van der Waals surface area contributed by atoms with Crippen LogP contribution < -0.4 is 4.74 Å². The summed E-state index contributed by atoms with van der Waals surface area (Å²) in [6.07, 6.45) is 3.95. The van der Waals surface area contributed by atoms with Crippen LogP contribution in [0.3, 0.4) is 0 Å². The van der Waals surface area contributed by atoms with Crippen molar-refractivity contribution in [3.8, 4) is 5.75 Å². The Morgan fingerprint density at radius 2 is 1.88 bits per heavy atom. The number of ether oxygens (including phenoxy) is 1. The Bertz CT molecular complexity index is 1020. The molecule has 2 aromatic heterocycles. The Morgan fingerprint density at radius 1 is 1.04 bits per heavy atom. The van der Waals surface area contributed by atoms with E-state index in [1.807, 2.05) is 25.3 Å². The summed E-state index contributed by atoms with van der Waals surface area (Å²) in [5, 5.41) is 1.14. The average molecular weight is 348 g/mol. The van der Waals surface area contributed by atoms with Gasteiger partial charge in [0.15, 0.2) is 0 Å². The van der Waals surface area contributed by atoms with Crippen molar-refractivity contribution in [1.82, 2.24) is 9.55 Å². The second-order valence-electron chi connectivity index (χ2n) is 5.92. The number of pyridine rings is 1. The Kier molecular flexibility index (Phi) is 4.36. The van der Waals surface area contributed by atoms with E-state index >= 15 is 0 Å². The van der Waals surface area contributed by atoms with Crippen LogP contribution >= 0.6 is 11.8 Å². The van der Waals surface area contributed by atoms with Gasteiger partial charge in [0.25, 0.3) is 0 Å². The predicted octanol–water partition coefficient (Wildman–Crippen LogP) is 5.36. The van der Waals surface area contributed by atoms with Crippen LogP contribution in [-0.4, -0.2) is 22.4 Å². The Labute approximate surface area is 151 Å². The zero-order valence-corrected chi connectivity index (χ0v) is 15.2. The fraction of sp³-hybridized carbons (Fsp3) is 0.190. The average Bonchev–Trinajstić information content (AvgIpc) is 2.96. The molecule has 0 bridgehead atoms. The molecule has 0 saturated carbocycles. The normalized spacial score (nSPS) is 11.3. The van der Waals surface area contributed by atoms with Gasteiger partial charge in [0, 0.05) is 23.0 Å². The zero-order valence-electron chi connectivity index (χ0n) is 14.4. The second kappa shape index (κ2) is 6.81. The van der Waals surface area contributed by atoms with Gasteiger partial charge in [-0.3, -0.25) is 4.98 Å². The second-order valence-corrected chi connectivity index (χ2v) is 6.80. The monoisotopic (exact) mass is 348 g/mol. The molecule has 25 heavy (non-hydrogen) atoms. The van der Waals surface area contributed by atoms with E-state index in [4.69, 9.17) is 4.74 Å². The molecule has 0 unspecified atom stereocenters. The van der Waals surface area contributed by atoms with Gasteiger partial charge in [-0.05, 0) is 61.2 Å². The smallest absolute Gasteiger partial charge is 0.120 e. The molecule has 126 valence electrons. The van der Waals surface area contributed by atoms with Crippen LogP contribution in [0.2, 0.25) is 0 Å². The number of thioether (sulfide) groups is 1. The number of benzene rings is 2. The minimum atomic E-state index is 0.666. The number of rotatable bonds is 5. The molecule has 0 aliphatic rings. The van der Waals surface area contributed by atoms with Crippen molar-refractivity contribution in [3.05, 3.63) is 66.4 Å². The quantitative estimate of drug-likeness (QED) is 0.454. The SMILES string of the molecule is CCOc1ccc2c(c1)c1ncccc1n2Cc1ccc(SC)cc1. The van der Waals surface area contributed by atoms with Crippen LogP contribution in [0.1, 0.15) is 12.5 Å². The zero-order chi connectivity index (χ0) is 17.2. The van der Waals surface area contributed by atoms with Gasteiger partial charge in [0.1, 0.15) is 5.75 Å². The van der Waals surface area contributed by atoms with Crippen molar-refractivity contribution in [1.29, 1.82) is 0 Å². The van der Waals surface area contributed by atoms with Gasteiger partial charge in [-0.2, -0.15) is 0 Å². The minimum absolute atomic E-state index is 0.666. The van der Waals surface area contributed by atoms with Crippen LogP contribution in [-0.2, 0) is 6.54 Å². The first kappa shape index (κ1) is 16.0. The fourth-order valence-corrected chi connectivity index (χ4v) is 3.64. The van der Waals surface area contributed by atoms with E-state index in [0.29, 0.717) is 6.61 Å². The molecule has 0 aliphatic carbocycles. The first-order valence-electron chi connectivity index (χ1n) is 8.43. The van der Waals surface area contributed by atoms with E-state index in [0.717, 1.165) is 28.7 Å². The highest BCUT2D eigenvalue weighted by molar-refractivity contribution is 7.98. The number of hydrogen-bond acceptors (Lipinski definition) is 3. The molecule has 4 heteroatoms. The Balaban J connectivity index is 1.85. The van der Waals surface area contributed by atoms with Crippen molar-refractivity contribution in [3.63, 3.8) is 0 Å². The molecule has 0 spiro atoms. The van der Waals surface area contributed by atoms with E-state index in [2.05, 4.69) is 58.3 Å². The maximum atomic E-state index is 5.68. The number of aromatic nitrogens is 2. The third kappa shape index (κ3) is 2.98.